The number of hydrogen-bond donors (Lipinski definition) is 4. The topological polar surface area (TPSA) is 149 Å². The minimum absolute atomic E-state index is 0.147. The number of hydrogen-bond acceptors (Lipinski definition) is 6. The van der Waals surface area contributed by atoms with Crippen LogP contribution in [0.1, 0.15) is 0 Å². The zero-order valence-corrected chi connectivity index (χ0v) is 10.7. The Morgan fingerprint density at radius 1 is 0.556 bits per heavy atom. The second-order valence-corrected chi connectivity index (χ2v) is 4.53. The molecule has 0 unspecified atom stereocenters. The molecule has 0 aliphatic heterocycles. The minimum Gasteiger partial charge on any atom is -0.481 e. The van der Waals surface area contributed by atoms with Crippen LogP contribution in [0.25, 0.3) is 0 Å². The molecule has 10 heteroatoms. The zero-order valence-electron chi connectivity index (χ0n) is 9.07. The van der Waals surface area contributed by atoms with Gasteiger partial charge in [-0.25, -0.2) is 0 Å². The summed E-state index contributed by atoms with van der Waals surface area (Å²) in [6.07, 6.45) is 0. The smallest absolute Gasteiger partial charge is 0.313 e. The van der Waals surface area contributed by atoms with Gasteiger partial charge >= 0.3 is 23.9 Å². The molecule has 0 atom stereocenters. The van der Waals surface area contributed by atoms with E-state index < -0.39 is 23.9 Å². The van der Waals surface area contributed by atoms with Crippen molar-refractivity contribution in [3.05, 3.63) is 0 Å². The maximum atomic E-state index is 9.77. The van der Waals surface area contributed by atoms with Crippen molar-refractivity contribution in [1.82, 2.24) is 0 Å². The molecule has 0 aliphatic rings. The van der Waals surface area contributed by atoms with Gasteiger partial charge in [0, 0.05) is 0 Å². The molecule has 0 aromatic heterocycles. The summed E-state index contributed by atoms with van der Waals surface area (Å²) in [5.41, 5.74) is 0. The Hall–Kier alpha value is -1.42. The summed E-state index contributed by atoms with van der Waals surface area (Å²) in [5.74, 6) is -4.53. The largest absolute Gasteiger partial charge is 0.481 e. The van der Waals surface area contributed by atoms with Gasteiger partial charge in [-0.15, -0.1) is 23.5 Å². The van der Waals surface area contributed by atoms with Crippen LogP contribution in [0.15, 0.2) is 0 Å². The van der Waals surface area contributed by atoms with E-state index in [1.54, 1.807) is 0 Å². The standard InChI is InChI=1S/2C4H6O4S/c2*5-3(6)1-9-2-4(7)8/h2*1-2H2,(H,5,6)(H,7,8). The summed E-state index contributed by atoms with van der Waals surface area (Å²) < 4.78 is 0. The van der Waals surface area contributed by atoms with Gasteiger partial charge in [0.05, 0.1) is 23.0 Å². The lowest BCUT2D eigenvalue weighted by atomic mass is 10.8. The van der Waals surface area contributed by atoms with Gasteiger partial charge in [0.1, 0.15) is 0 Å². The highest BCUT2D eigenvalue weighted by Gasteiger charge is 2.00. The predicted molar refractivity (Wildman–Crippen MR) is 65.2 cm³/mol. The maximum Gasteiger partial charge on any atom is 0.313 e. The normalized spacial score (nSPS) is 8.89. The molecule has 0 rings (SSSR count). The molecule has 0 saturated heterocycles. The Labute approximate surface area is 110 Å². The van der Waals surface area contributed by atoms with Crippen LogP contribution in [0, 0.1) is 0 Å². The van der Waals surface area contributed by atoms with Crippen molar-refractivity contribution in [2.24, 2.45) is 0 Å². The van der Waals surface area contributed by atoms with Crippen molar-refractivity contribution in [3.8, 4) is 0 Å². The molecule has 0 bridgehead atoms. The van der Waals surface area contributed by atoms with Gasteiger partial charge in [0.15, 0.2) is 0 Å². The van der Waals surface area contributed by atoms with Gasteiger partial charge in [0.25, 0.3) is 0 Å². The number of carbonyl (C=O) groups is 4. The monoisotopic (exact) mass is 300 g/mol. The number of thioether (sulfide) groups is 2. The van der Waals surface area contributed by atoms with E-state index in [2.05, 4.69) is 0 Å². The molecule has 0 amide bonds. The highest BCUT2D eigenvalue weighted by Crippen LogP contribution is 1.97. The lowest BCUT2D eigenvalue weighted by Gasteiger charge is -1.89. The van der Waals surface area contributed by atoms with Crippen LogP contribution >= 0.6 is 23.5 Å². The van der Waals surface area contributed by atoms with Gasteiger partial charge < -0.3 is 20.4 Å². The SMILES string of the molecule is O=C(O)CSCC(=O)O.O=C(O)CSCC(=O)O. The third-order valence-corrected chi connectivity index (χ3v) is 2.71. The van der Waals surface area contributed by atoms with Gasteiger partial charge in [-0.2, -0.15) is 0 Å². The summed E-state index contributed by atoms with van der Waals surface area (Å²) in [6.45, 7) is 0. The van der Waals surface area contributed by atoms with Gasteiger partial charge in [-0.1, -0.05) is 0 Å². The second-order valence-electron chi connectivity index (χ2n) is 2.56. The second kappa shape index (κ2) is 12.0. The fraction of sp³-hybridized carbons (Fsp3) is 0.500. The fourth-order valence-corrected chi connectivity index (χ4v) is 1.35. The molecule has 18 heavy (non-hydrogen) atoms. The summed E-state index contributed by atoms with van der Waals surface area (Å²) in [6, 6.07) is 0. The predicted octanol–water partition coefficient (Wildman–Crippen LogP) is -0.222. The molecule has 8 nitrogen and oxygen atoms in total. The van der Waals surface area contributed by atoms with Crippen molar-refractivity contribution in [2.45, 2.75) is 0 Å². The average molecular weight is 300 g/mol. The lowest BCUT2D eigenvalue weighted by Crippen LogP contribution is -2.04. The van der Waals surface area contributed by atoms with Gasteiger partial charge in [-0.05, 0) is 0 Å². The van der Waals surface area contributed by atoms with E-state index in [0.717, 1.165) is 23.5 Å². The van der Waals surface area contributed by atoms with Crippen LogP contribution < -0.4 is 0 Å². The van der Waals surface area contributed by atoms with Crippen molar-refractivity contribution in [2.75, 3.05) is 23.0 Å². The van der Waals surface area contributed by atoms with Gasteiger partial charge in [-0.3, -0.25) is 19.2 Å². The molecule has 0 heterocycles. The first-order valence-corrected chi connectivity index (χ1v) is 6.59. The van der Waals surface area contributed by atoms with E-state index in [-0.39, 0.29) is 23.0 Å². The van der Waals surface area contributed by atoms with Crippen molar-refractivity contribution >= 4 is 47.4 Å². The number of rotatable bonds is 8. The van der Waals surface area contributed by atoms with Crippen LogP contribution in [-0.2, 0) is 19.2 Å². The molecule has 0 spiro atoms. The first kappa shape index (κ1) is 18.9. The van der Waals surface area contributed by atoms with Crippen LogP contribution in [0.3, 0.4) is 0 Å². The first-order valence-electron chi connectivity index (χ1n) is 4.28. The lowest BCUT2D eigenvalue weighted by molar-refractivity contribution is -0.135. The molecule has 104 valence electrons. The minimum atomic E-state index is -0.985. The van der Waals surface area contributed by atoms with Crippen LogP contribution in [0.2, 0.25) is 0 Å². The Bertz CT molecular complexity index is 245. The molecule has 0 aliphatic carbocycles. The molecular formula is C8H12O8S2. The molecule has 0 radical (unpaired) electrons. The third-order valence-electron chi connectivity index (χ3n) is 0.902. The highest BCUT2D eigenvalue weighted by molar-refractivity contribution is 8.00. The van der Waals surface area contributed by atoms with E-state index in [4.69, 9.17) is 20.4 Å². The Morgan fingerprint density at radius 2 is 0.722 bits per heavy atom. The summed E-state index contributed by atoms with van der Waals surface area (Å²) in [7, 11) is 0. The third kappa shape index (κ3) is 24.0. The van der Waals surface area contributed by atoms with E-state index in [9.17, 15) is 19.2 Å². The molecular weight excluding hydrogens is 288 g/mol. The Kier molecular flexibility index (Phi) is 12.7. The quantitative estimate of drug-likeness (QED) is 0.473. The highest BCUT2D eigenvalue weighted by atomic mass is 32.2. The summed E-state index contributed by atoms with van der Waals surface area (Å²) in [5, 5.41) is 32.1. The van der Waals surface area contributed by atoms with E-state index in [1.807, 2.05) is 0 Å². The fourth-order valence-electron chi connectivity index (χ4n) is 0.451. The van der Waals surface area contributed by atoms with E-state index in [0.29, 0.717) is 0 Å². The molecule has 0 saturated carbocycles. The van der Waals surface area contributed by atoms with E-state index >= 15 is 0 Å². The molecule has 0 aromatic rings. The zero-order chi connectivity index (χ0) is 14.6. The number of carboxylic acid groups (broad SMARTS) is 4. The van der Waals surface area contributed by atoms with Crippen LogP contribution in [0.4, 0.5) is 0 Å². The van der Waals surface area contributed by atoms with Crippen molar-refractivity contribution < 1.29 is 39.6 Å². The van der Waals surface area contributed by atoms with Crippen LogP contribution in [-0.4, -0.2) is 67.3 Å². The van der Waals surface area contributed by atoms with Crippen molar-refractivity contribution in [1.29, 1.82) is 0 Å². The Morgan fingerprint density at radius 3 is 0.833 bits per heavy atom. The average Bonchev–Trinajstić information content (AvgIpc) is 2.15. The Balaban J connectivity index is 0. The van der Waals surface area contributed by atoms with Crippen molar-refractivity contribution in [3.63, 3.8) is 0 Å². The molecule has 0 fully saturated rings. The first-order chi connectivity index (χ1) is 8.25. The molecule has 4 N–H and O–H groups in total. The van der Waals surface area contributed by atoms with Gasteiger partial charge in [0.2, 0.25) is 0 Å². The molecule has 0 aromatic carbocycles. The summed E-state index contributed by atoms with van der Waals surface area (Å²) in [4.78, 5) is 39.1. The van der Waals surface area contributed by atoms with E-state index in [1.165, 1.54) is 0 Å². The summed E-state index contributed by atoms with van der Waals surface area (Å²) >= 11 is 1.74. The van der Waals surface area contributed by atoms with Crippen LogP contribution in [0.5, 0.6) is 0 Å². The maximum absolute atomic E-state index is 9.77. The number of aliphatic carboxylic acids is 4. The number of carboxylic acids is 4.